The van der Waals surface area contributed by atoms with Crippen molar-refractivity contribution >= 4 is 5.97 Å². The molecule has 1 heterocycles. The van der Waals surface area contributed by atoms with Crippen LogP contribution in [0.1, 0.15) is 34.8 Å². The second-order valence-electron chi connectivity index (χ2n) is 6.58. The van der Waals surface area contributed by atoms with Crippen molar-refractivity contribution in [2.24, 2.45) is 0 Å². The van der Waals surface area contributed by atoms with Crippen molar-refractivity contribution < 1.29 is 9.53 Å². The highest BCUT2D eigenvalue weighted by Gasteiger charge is 2.35. The van der Waals surface area contributed by atoms with Crippen molar-refractivity contribution in [2.75, 3.05) is 20.2 Å². The summed E-state index contributed by atoms with van der Waals surface area (Å²) in [5.74, 6) is -0.269. The number of ether oxygens (including phenoxy) is 1. The van der Waals surface area contributed by atoms with Gasteiger partial charge in [-0.15, -0.1) is 0 Å². The number of methoxy groups -OCH3 is 1. The third kappa shape index (κ3) is 3.45. The Labute approximate surface area is 137 Å². The molecule has 3 nitrogen and oxygen atoms in total. The number of hydrogen-bond acceptors (Lipinski definition) is 3. The maximum Gasteiger partial charge on any atom is 0.337 e. The van der Waals surface area contributed by atoms with Crippen molar-refractivity contribution in [2.45, 2.75) is 25.3 Å². The van der Waals surface area contributed by atoms with E-state index in [4.69, 9.17) is 4.74 Å². The molecule has 1 atom stereocenters. The lowest BCUT2D eigenvalue weighted by molar-refractivity contribution is 0.0600. The summed E-state index contributed by atoms with van der Waals surface area (Å²) in [5.41, 5.74) is 3.28. The van der Waals surface area contributed by atoms with Crippen LogP contribution in [0.4, 0.5) is 0 Å². The Bertz CT molecular complexity index is 683. The first kappa shape index (κ1) is 15.8. The SMILES string of the molecule is COC(=O)c1cccc([C@@]2(C)CCN(Cc3ccccc3)C2)c1. The van der Waals surface area contributed by atoms with Gasteiger partial charge in [-0.25, -0.2) is 4.79 Å². The third-order valence-corrected chi connectivity index (χ3v) is 4.78. The van der Waals surface area contributed by atoms with Gasteiger partial charge in [0, 0.05) is 18.5 Å². The Morgan fingerprint density at radius 1 is 1.17 bits per heavy atom. The van der Waals surface area contributed by atoms with Crippen molar-refractivity contribution in [1.82, 2.24) is 4.90 Å². The highest BCUT2D eigenvalue weighted by Crippen LogP contribution is 2.35. The molecule has 0 spiro atoms. The molecular formula is C20H23NO2. The van der Waals surface area contributed by atoms with Crippen LogP contribution >= 0.6 is 0 Å². The van der Waals surface area contributed by atoms with Crippen molar-refractivity contribution in [3.8, 4) is 0 Å². The Morgan fingerprint density at radius 2 is 1.96 bits per heavy atom. The number of esters is 1. The van der Waals surface area contributed by atoms with Gasteiger partial charge in [-0.05, 0) is 36.2 Å². The molecule has 3 heteroatoms. The predicted octanol–water partition coefficient (Wildman–Crippen LogP) is 3.64. The van der Waals surface area contributed by atoms with Crippen LogP contribution in [0.5, 0.6) is 0 Å². The van der Waals surface area contributed by atoms with E-state index < -0.39 is 0 Å². The predicted molar refractivity (Wildman–Crippen MR) is 91.5 cm³/mol. The summed E-state index contributed by atoms with van der Waals surface area (Å²) in [4.78, 5) is 14.2. The van der Waals surface area contributed by atoms with Crippen LogP contribution in [0.3, 0.4) is 0 Å². The van der Waals surface area contributed by atoms with Crippen LogP contribution in [0.25, 0.3) is 0 Å². The highest BCUT2D eigenvalue weighted by atomic mass is 16.5. The highest BCUT2D eigenvalue weighted by molar-refractivity contribution is 5.89. The van der Waals surface area contributed by atoms with Crippen LogP contribution < -0.4 is 0 Å². The average Bonchev–Trinajstić information content (AvgIpc) is 2.97. The molecule has 0 amide bonds. The molecule has 0 radical (unpaired) electrons. The fraction of sp³-hybridized carbons (Fsp3) is 0.350. The van der Waals surface area contributed by atoms with Crippen molar-refractivity contribution in [1.29, 1.82) is 0 Å². The van der Waals surface area contributed by atoms with Crippen molar-refractivity contribution in [3.05, 3.63) is 71.3 Å². The summed E-state index contributed by atoms with van der Waals surface area (Å²) in [7, 11) is 1.42. The summed E-state index contributed by atoms with van der Waals surface area (Å²) < 4.78 is 4.84. The minimum Gasteiger partial charge on any atom is -0.465 e. The molecule has 1 saturated heterocycles. The Balaban J connectivity index is 1.74. The summed E-state index contributed by atoms with van der Waals surface area (Å²) in [5, 5.41) is 0. The zero-order valence-electron chi connectivity index (χ0n) is 13.8. The fourth-order valence-electron chi connectivity index (χ4n) is 3.41. The zero-order chi connectivity index (χ0) is 16.3. The smallest absolute Gasteiger partial charge is 0.337 e. The van der Waals surface area contributed by atoms with Crippen LogP contribution in [-0.4, -0.2) is 31.1 Å². The van der Waals surface area contributed by atoms with Crippen LogP contribution in [0, 0.1) is 0 Å². The molecule has 2 aromatic rings. The number of nitrogens with zero attached hydrogens (tertiary/aromatic N) is 1. The molecule has 120 valence electrons. The lowest BCUT2D eigenvalue weighted by atomic mass is 9.81. The summed E-state index contributed by atoms with van der Waals surface area (Å²) >= 11 is 0. The van der Waals surface area contributed by atoms with Crippen LogP contribution in [-0.2, 0) is 16.7 Å². The van der Waals surface area contributed by atoms with E-state index in [1.807, 2.05) is 18.2 Å². The van der Waals surface area contributed by atoms with Gasteiger partial charge in [0.05, 0.1) is 12.7 Å². The maximum absolute atomic E-state index is 11.8. The van der Waals surface area contributed by atoms with Gasteiger partial charge in [0.25, 0.3) is 0 Å². The number of carbonyl (C=O) groups is 1. The minimum absolute atomic E-state index is 0.0822. The second kappa shape index (κ2) is 6.55. The lowest BCUT2D eigenvalue weighted by Gasteiger charge is -2.26. The molecule has 0 unspecified atom stereocenters. The zero-order valence-corrected chi connectivity index (χ0v) is 13.8. The maximum atomic E-state index is 11.8. The summed E-state index contributed by atoms with van der Waals surface area (Å²) in [6, 6.07) is 18.4. The molecule has 0 N–H and O–H groups in total. The number of rotatable bonds is 4. The van der Waals surface area contributed by atoms with E-state index in [0.717, 1.165) is 26.1 Å². The summed E-state index contributed by atoms with van der Waals surface area (Å²) in [6.45, 7) is 5.35. The molecule has 2 aromatic carbocycles. The molecule has 1 aliphatic heterocycles. The standard InChI is InChI=1S/C20H23NO2/c1-20(18-10-6-9-17(13-18)19(22)23-2)11-12-21(15-20)14-16-7-4-3-5-8-16/h3-10,13H,11-12,14-15H2,1-2H3/t20-/m0/s1. The topological polar surface area (TPSA) is 29.5 Å². The second-order valence-corrected chi connectivity index (χ2v) is 6.58. The van der Waals surface area contributed by atoms with E-state index in [1.165, 1.54) is 18.2 Å². The van der Waals surface area contributed by atoms with E-state index in [9.17, 15) is 4.79 Å². The monoisotopic (exact) mass is 309 g/mol. The Morgan fingerprint density at radius 3 is 2.70 bits per heavy atom. The molecule has 0 aliphatic carbocycles. The quantitative estimate of drug-likeness (QED) is 0.808. The number of likely N-dealkylation sites (tertiary alicyclic amines) is 1. The number of benzene rings is 2. The van der Waals surface area contributed by atoms with Gasteiger partial charge in [-0.2, -0.15) is 0 Å². The van der Waals surface area contributed by atoms with Crippen LogP contribution in [0.2, 0.25) is 0 Å². The van der Waals surface area contributed by atoms with Gasteiger partial charge in [0.15, 0.2) is 0 Å². The van der Waals surface area contributed by atoms with Gasteiger partial charge < -0.3 is 4.74 Å². The van der Waals surface area contributed by atoms with E-state index in [2.05, 4.69) is 48.2 Å². The Hall–Kier alpha value is -2.13. The van der Waals surface area contributed by atoms with Gasteiger partial charge in [0.1, 0.15) is 0 Å². The first-order valence-corrected chi connectivity index (χ1v) is 8.06. The molecule has 0 aromatic heterocycles. The number of hydrogen-bond donors (Lipinski definition) is 0. The number of carbonyl (C=O) groups excluding carboxylic acids is 1. The molecule has 0 saturated carbocycles. The van der Waals surface area contributed by atoms with E-state index in [-0.39, 0.29) is 11.4 Å². The molecule has 23 heavy (non-hydrogen) atoms. The van der Waals surface area contributed by atoms with Gasteiger partial charge >= 0.3 is 5.97 Å². The van der Waals surface area contributed by atoms with E-state index in [1.54, 1.807) is 0 Å². The normalized spacial score (nSPS) is 21.3. The lowest BCUT2D eigenvalue weighted by Crippen LogP contribution is -2.28. The minimum atomic E-state index is -0.269. The molecule has 1 aliphatic rings. The van der Waals surface area contributed by atoms with Gasteiger partial charge in [0.2, 0.25) is 0 Å². The first-order chi connectivity index (χ1) is 11.1. The molecule has 3 rings (SSSR count). The summed E-state index contributed by atoms with van der Waals surface area (Å²) in [6.07, 6.45) is 1.10. The fourth-order valence-corrected chi connectivity index (χ4v) is 3.41. The van der Waals surface area contributed by atoms with Crippen molar-refractivity contribution in [3.63, 3.8) is 0 Å². The van der Waals surface area contributed by atoms with E-state index >= 15 is 0 Å². The first-order valence-electron chi connectivity index (χ1n) is 8.06. The molecule has 0 bridgehead atoms. The molecule has 1 fully saturated rings. The third-order valence-electron chi connectivity index (χ3n) is 4.78. The Kier molecular flexibility index (Phi) is 4.49. The van der Waals surface area contributed by atoms with Gasteiger partial charge in [-0.1, -0.05) is 49.4 Å². The average molecular weight is 309 g/mol. The van der Waals surface area contributed by atoms with Gasteiger partial charge in [-0.3, -0.25) is 4.90 Å². The molecular weight excluding hydrogens is 286 g/mol. The van der Waals surface area contributed by atoms with E-state index in [0.29, 0.717) is 5.56 Å². The van der Waals surface area contributed by atoms with Crippen LogP contribution in [0.15, 0.2) is 54.6 Å². The largest absolute Gasteiger partial charge is 0.465 e.